The first-order valence-electron chi connectivity index (χ1n) is 10.8. The number of benzene rings is 1. The van der Waals surface area contributed by atoms with Gasteiger partial charge < -0.3 is 21.1 Å². The predicted molar refractivity (Wildman–Crippen MR) is 125 cm³/mol. The molecule has 6 nitrogen and oxygen atoms in total. The van der Waals surface area contributed by atoms with Crippen LogP contribution in [0.25, 0.3) is 10.9 Å². The molecule has 0 bridgehead atoms. The van der Waals surface area contributed by atoms with E-state index in [1.807, 2.05) is 26.0 Å². The van der Waals surface area contributed by atoms with E-state index in [9.17, 15) is 4.79 Å². The maximum Gasteiger partial charge on any atom is 0.237 e. The zero-order valence-electron chi connectivity index (χ0n) is 19.5. The molecule has 30 heavy (non-hydrogen) atoms. The van der Waals surface area contributed by atoms with Crippen LogP contribution in [-0.4, -0.2) is 36.6 Å². The number of carbonyl (C=O) groups excluding carboxylic acids is 1. The summed E-state index contributed by atoms with van der Waals surface area (Å²) in [6.45, 7) is 13.2. The second-order valence-electron chi connectivity index (χ2n) is 9.44. The minimum Gasteiger partial charge on any atom is -0.497 e. The van der Waals surface area contributed by atoms with E-state index in [-0.39, 0.29) is 23.3 Å². The van der Waals surface area contributed by atoms with E-state index in [0.29, 0.717) is 6.54 Å². The number of nitrogens with one attached hydrogen (secondary N) is 2. The summed E-state index contributed by atoms with van der Waals surface area (Å²) < 4.78 is 5.48. The summed E-state index contributed by atoms with van der Waals surface area (Å²) in [7, 11) is 1.68. The Morgan fingerprint density at radius 1 is 1.20 bits per heavy atom. The average Bonchev–Trinajstić information content (AvgIpc) is 2.69. The first kappa shape index (κ1) is 23.9. The van der Waals surface area contributed by atoms with Gasteiger partial charge in [-0.2, -0.15) is 0 Å². The highest BCUT2D eigenvalue weighted by atomic mass is 16.5. The Bertz CT molecular complexity index is 858. The molecular formula is C24H38N4O2. The molecule has 1 heterocycles. The van der Waals surface area contributed by atoms with Gasteiger partial charge in [-0.1, -0.05) is 40.7 Å². The number of hydrogen-bond donors (Lipinski definition) is 3. The first-order chi connectivity index (χ1) is 14.0. The van der Waals surface area contributed by atoms with E-state index in [1.54, 1.807) is 7.11 Å². The van der Waals surface area contributed by atoms with Gasteiger partial charge in [-0.05, 0) is 37.8 Å². The predicted octanol–water partition coefficient (Wildman–Crippen LogP) is 4.22. The third-order valence-corrected chi connectivity index (χ3v) is 5.31. The standard InChI is InChI=1S/C24H38N4O2/c1-15(2)21(25)23(29)26-12-8-9-16(3)27-19-14-18(30-7)13-17-10-11-20(24(4,5)6)28-22(17)19/h10-11,13-16,21,27H,8-9,12,25H2,1-7H3,(H,26,29). The van der Waals surface area contributed by atoms with E-state index >= 15 is 0 Å². The normalized spacial score (nSPS) is 13.9. The fourth-order valence-electron chi connectivity index (χ4n) is 3.23. The van der Waals surface area contributed by atoms with Crippen LogP contribution < -0.4 is 21.1 Å². The molecule has 0 radical (unpaired) electrons. The molecule has 1 amide bonds. The Balaban J connectivity index is 2.07. The maximum atomic E-state index is 12.0. The Kier molecular flexibility index (Phi) is 8.07. The van der Waals surface area contributed by atoms with Crippen LogP contribution in [0.1, 0.15) is 60.1 Å². The van der Waals surface area contributed by atoms with Crippen molar-refractivity contribution in [2.75, 3.05) is 19.0 Å². The van der Waals surface area contributed by atoms with Crippen molar-refractivity contribution in [2.24, 2.45) is 11.7 Å². The van der Waals surface area contributed by atoms with Crippen molar-refractivity contribution < 1.29 is 9.53 Å². The number of nitrogens with two attached hydrogens (primary N) is 1. The molecule has 0 fully saturated rings. The van der Waals surface area contributed by atoms with Crippen LogP contribution in [-0.2, 0) is 10.2 Å². The van der Waals surface area contributed by atoms with Crippen LogP contribution in [0, 0.1) is 5.92 Å². The highest BCUT2D eigenvalue weighted by Gasteiger charge is 2.18. The Morgan fingerprint density at radius 3 is 2.50 bits per heavy atom. The molecule has 0 aliphatic carbocycles. The fraction of sp³-hybridized carbons (Fsp3) is 0.583. The SMILES string of the molecule is COc1cc(NC(C)CCCNC(=O)C(N)C(C)C)c2nc(C(C)(C)C)ccc2c1. The van der Waals surface area contributed by atoms with E-state index in [2.05, 4.69) is 50.5 Å². The zero-order chi connectivity index (χ0) is 22.5. The van der Waals surface area contributed by atoms with E-state index < -0.39 is 6.04 Å². The highest BCUT2D eigenvalue weighted by Crippen LogP contribution is 2.31. The van der Waals surface area contributed by atoms with Crippen LogP contribution in [0.2, 0.25) is 0 Å². The largest absolute Gasteiger partial charge is 0.497 e. The van der Waals surface area contributed by atoms with Gasteiger partial charge in [0.15, 0.2) is 0 Å². The molecule has 2 unspecified atom stereocenters. The molecule has 0 aliphatic heterocycles. The van der Waals surface area contributed by atoms with Gasteiger partial charge in [0, 0.05) is 35.1 Å². The number of nitrogens with zero attached hydrogens (tertiary/aromatic N) is 1. The molecule has 166 valence electrons. The maximum absolute atomic E-state index is 12.0. The summed E-state index contributed by atoms with van der Waals surface area (Å²) in [5, 5.41) is 7.57. The van der Waals surface area contributed by atoms with Gasteiger partial charge in [0.1, 0.15) is 5.75 Å². The van der Waals surface area contributed by atoms with E-state index in [0.717, 1.165) is 40.9 Å². The molecule has 2 rings (SSSR count). The number of aromatic nitrogens is 1. The number of hydrogen-bond acceptors (Lipinski definition) is 5. The lowest BCUT2D eigenvalue weighted by molar-refractivity contribution is -0.123. The number of ether oxygens (including phenoxy) is 1. The average molecular weight is 415 g/mol. The van der Waals surface area contributed by atoms with Crippen molar-refractivity contribution in [3.63, 3.8) is 0 Å². The summed E-state index contributed by atoms with van der Waals surface area (Å²) in [6, 6.07) is 7.97. The second kappa shape index (κ2) is 10.1. The third kappa shape index (κ3) is 6.33. The lowest BCUT2D eigenvalue weighted by atomic mass is 9.91. The lowest BCUT2D eigenvalue weighted by Crippen LogP contribution is -2.44. The minimum absolute atomic E-state index is 0.0218. The van der Waals surface area contributed by atoms with Crippen LogP contribution in [0.3, 0.4) is 0 Å². The quantitative estimate of drug-likeness (QED) is 0.535. The van der Waals surface area contributed by atoms with Crippen LogP contribution >= 0.6 is 0 Å². The molecule has 0 saturated heterocycles. The summed E-state index contributed by atoms with van der Waals surface area (Å²) in [4.78, 5) is 16.9. The lowest BCUT2D eigenvalue weighted by Gasteiger charge is -2.21. The zero-order valence-corrected chi connectivity index (χ0v) is 19.5. The molecule has 2 atom stereocenters. The van der Waals surface area contributed by atoms with Crippen molar-refractivity contribution in [3.05, 3.63) is 30.0 Å². The van der Waals surface area contributed by atoms with Crippen LogP contribution in [0.4, 0.5) is 5.69 Å². The molecule has 1 aromatic carbocycles. The van der Waals surface area contributed by atoms with Crippen molar-refractivity contribution in [1.82, 2.24) is 10.3 Å². The highest BCUT2D eigenvalue weighted by molar-refractivity contribution is 5.92. The number of carbonyl (C=O) groups is 1. The molecule has 4 N–H and O–H groups in total. The smallest absolute Gasteiger partial charge is 0.237 e. The molecule has 6 heteroatoms. The summed E-state index contributed by atoms with van der Waals surface area (Å²) in [5.74, 6) is 0.859. The second-order valence-corrected chi connectivity index (χ2v) is 9.44. The topological polar surface area (TPSA) is 89.3 Å². The molecular weight excluding hydrogens is 376 g/mol. The summed E-state index contributed by atoms with van der Waals surface area (Å²) >= 11 is 0. The molecule has 0 spiro atoms. The van der Waals surface area contributed by atoms with Crippen LogP contribution in [0.15, 0.2) is 24.3 Å². The Hall–Kier alpha value is -2.34. The van der Waals surface area contributed by atoms with Gasteiger partial charge in [0.05, 0.1) is 24.4 Å². The van der Waals surface area contributed by atoms with Gasteiger partial charge in [-0.15, -0.1) is 0 Å². The molecule has 2 aromatic rings. The first-order valence-corrected chi connectivity index (χ1v) is 10.8. The number of fused-ring (bicyclic) bond motifs is 1. The van der Waals surface area contributed by atoms with E-state index in [4.69, 9.17) is 15.5 Å². The van der Waals surface area contributed by atoms with Crippen LogP contribution in [0.5, 0.6) is 5.75 Å². The summed E-state index contributed by atoms with van der Waals surface area (Å²) in [5.41, 5.74) is 8.83. The number of methoxy groups -OCH3 is 1. The van der Waals surface area contributed by atoms with Gasteiger partial charge in [-0.25, -0.2) is 0 Å². The number of amides is 1. The van der Waals surface area contributed by atoms with Crippen molar-refractivity contribution in [2.45, 2.75) is 71.9 Å². The van der Waals surface area contributed by atoms with Gasteiger partial charge in [0.2, 0.25) is 5.91 Å². The van der Waals surface area contributed by atoms with Crippen molar-refractivity contribution in [1.29, 1.82) is 0 Å². The van der Waals surface area contributed by atoms with Gasteiger partial charge in [0.25, 0.3) is 0 Å². The molecule has 1 aromatic heterocycles. The van der Waals surface area contributed by atoms with Gasteiger partial charge >= 0.3 is 0 Å². The minimum atomic E-state index is -0.452. The van der Waals surface area contributed by atoms with Crippen molar-refractivity contribution in [3.8, 4) is 5.75 Å². The number of pyridine rings is 1. The van der Waals surface area contributed by atoms with Gasteiger partial charge in [-0.3, -0.25) is 9.78 Å². The van der Waals surface area contributed by atoms with E-state index in [1.165, 1.54) is 0 Å². The number of anilines is 1. The number of rotatable bonds is 9. The monoisotopic (exact) mass is 414 g/mol. The Labute approximate surface area is 181 Å². The summed E-state index contributed by atoms with van der Waals surface area (Å²) in [6.07, 6.45) is 1.78. The molecule has 0 saturated carbocycles. The fourth-order valence-corrected chi connectivity index (χ4v) is 3.23. The molecule has 0 aliphatic rings. The van der Waals surface area contributed by atoms with Crippen molar-refractivity contribution >= 4 is 22.5 Å². The Morgan fingerprint density at radius 2 is 1.90 bits per heavy atom. The third-order valence-electron chi connectivity index (χ3n) is 5.31.